The zero-order chi connectivity index (χ0) is 12.4. The molecule has 0 radical (unpaired) electrons. The van der Waals surface area contributed by atoms with Gasteiger partial charge >= 0.3 is 0 Å². The lowest BCUT2D eigenvalue weighted by Crippen LogP contribution is -2.23. The molecule has 0 aliphatic heterocycles. The van der Waals surface area contributed by atoms with Gasteiger partial charge in [0, 0.05) is 6.92 Å². The van der Waals surface area contributed by atoms with Gasteiger partial charge in [-0.2, -0.15) is 0 Å². The summed E-state index contributed by atoms with van der Waals surface area (Å²) in [6, 6.07) is 11.2. The van der Waals surface area contributed by atoms with E-state index in [0.29, 0.717) is 0 Å². The van der Waals surface area contributed by atoms with E-state index in [-0.39, 0.29) is 17.7 Å². The molecule has 0 aliphatic rings. The van der Waals surface area contributed by atoms with Crippen molar-refractivity contribution in [1.29, 1.82) is 0 Å². The van der Waals surface area contributed by atoms with Crippen molar-refractivity contribution in [2.24, 2.45) is 0 Å². The van der Waals surface area contributed by atoms with Crippen molar-refractivity contribution < 1.29 is 9.90 Å². The van der Waals surface area contributed by atoms with Crippen LogP contribution in [0.1, 0.15) is 25.5 Å². The molecule has 2 rings (SSSR count). The van der Waals surface area contributed by atoms with E-state index in [1.807, 2.05) is 31.2 Å². The van der Waals surface area contributed by atoms with Gasteiger partial charge in [0.15, 0.2) is 0 Å². The third-order valence-electron chi connectivity index (χ3n) is 2.77. The molecule has 0 spiro atoms. The van der Waals surface area contributed by atoms with E-state index < -0.39 is 0 Å². The van der Waals surface area contributed by atoms with Crippen LogP contribution >= 0.6 is 0 Å². The van der Waals surface area contributed by atoms with E-state index in [0.717, 1.165) is 16.3 Å². The summed E-state index contributed by atoms with van der Waals surface area (Å²) >= 11 is 0. The second kappa shape index (κ2) is 4.45. The van der Waals surface area contributed by atoms with E-state index >= 15 is 0 Å². The quantitative estimate of drug-likeness (QED) is 0.831. The fourth-order valence-electron chi connectivity index (χ4n) is 1.91. The highest BCUT2D eigenvalue weighted by Gasteiger charge is 2.07. The molecule has 0 heterocycles. The first-order chi connectivity index (χ1) is 8.06. The highest BCUT2D eigenvalue weighted by atomic mass is 16.3. The Bertz CT molecular complexity index is 563. The number of amides is 1. The maximum Gasteiger partial charge on any atom is 0.217 e. The van der Waals surface area contributed by atoms with Crippen molar-refractivity contribution in [2.75, 3.05) is 0 Å². The molecular formula is C14H15NO2. The average molecular weight is 229 g/mol. The van der Waals surface area contributed by atoms with Gasteiger partial charge in [0.05, 0.1) is 6.04 Å². The predicted molar refractivity (Wildman–Crippen MR) is 67.8 cm³/mol. The summed E-state index contributed by atoms with van der Waals surface area (Å²) in [6.07, 6.45) is 0. The summed E-state index contributed by atoms with van der Waals surface area (Å²) < 4.78 is 0. The summed E-state index contributed by atoms with van der Waals surface area (Å²) in [5, 5.41) is 14.3. The zero-order valence-electron chi connectivity index (χ0n) is 9.90. The first-order valence-electron chi connectivity index (χ1n) is 5.56. The number of phenolic OH excluding ortho intramolecular Hbond substituents is 1. The third-order valence-corrected chi connectivity index (χ3v) is 2.77. The summed E-state index contributed by atoms with van der Waals surface area (Å²) in [6.45, 7) is 3.46. The summed E-state index contributed by atoms with van der Waals surface area (Å²) in [4.78, 5) is 11.0. The van der Waals surface area contributed by atoms with Crippen LogP contribution < -0.4 is 5.32 Å². The van der Waals surface area contributed by atoms with Crippen molar-refractivity contribution in [1.82, 2.24) is 5.32 Å². The first kappa shape index (κ1) is 11.5. The number of nitrogens with one attached hydrogen (secondary N) is 1. The average Bonchev–Trinajstić information content (AvgIpc) is 2.27. The van der Waals surface area contributed by atoms with Crippen LogP contribution in [0, 0.1) is 0 Å². The van der Waals surface area contributed by atoms with Crippen LogP contribution in [0.5, 0.6) is 5.75 Å². The molecule has 0 aromatic heterocycles. The fraction of sp³-hybridized carbons (Fsp3) is 0.214. The van der Waals surface area contributed by atoms with Crippen LogP contribution in [0.4, 0.5) is 0 Å². The molecule has 2 N–H and O–H groups in total. The molecule has 1 amide bonds. The van der Waals surface area contributed by atoms with Crippen molar-refractivity contribution in [3.8, 4) is 5.75 Å². The van der Waals surface area contributed by atoms with Crippen LogP contribution in [0.2, 0.25) is 0 Å². The molecule has 0 fully saturated rings. The number of benzene rings is 2. The van der Waals surface area contributed by atoms with Crippen LogP contribution in [0.25, 0.3) is 10.8 Å². The Balaban J connectivity index is 2.37. The second-order valence-electron chi connectivity index (χ2n) is 4.21. The Morgan fingerprint density at radius 2 is 1.82 bits per heavy atom. The summed E-state index contributed by atoms with van der Waals surface area (Å²) in [7, 11) is 0. The SMILES string of the molecule is CC(=O)NC(C)c1ccc2cc(O)ccc2c1. The van der Waals surface area contributed by atoms with E-state index in [1.165, 1.54) is 6.92 Å². The van der Waals surface area contributed by atoms with E-state index in [4.69, 9.17) is 0 Å². The van der Waals surface area contributed by atoms with Gasteiger partial charge in [-0.3, -0.25) is 4.79 Å². The van der Waals surface area contributed by atoms with E-state index in [1.54, 1.807) is 12.1 Å². The Kier molecular flexibility index (Phi) is 3.00. The maximum atomic E-state index is 11.0. The smallest absolute Gasteiger partial charge is 0.217 e. The predicted octanol–water partition coefficient (Wildman–Crippen LogP) is 2.74. The highest BCUT2D eigenvalue weighted by Crippen LogP contribution is 2.23. The van der Waals surface area contributed by atoms with Gasteiger partial charge in [-0.15, -0.1) is 0 Å². The fourth-order valence-corrected chi connectivity index (χ4v) is 1.91. The number of aromatic hydroxyl groups is 1. The van der Waals surface area contributed by atoms with Crippen LogP contribution in [-0.4, -0.2) is 11.0 Å². The molecule has 0 aliphatic carbocycles. The van der Waals surface area contributed by atoms with Gasteiger partial charge in [-0.25, -0.2) is 0 Å². The molecule has 2 aromatic carbocycles. The van der Waals surface area contributed by atoms with Gasteiger partial charge in [-0.1, -0.05) is 18.2 Å². The number of rotatable bonds is 2. The van der Waals surface area contributed by atoms with Crippen molar-refractivity contribution >= 4 is 16.7 Å². The first-order valence-corrected chi connectivity index (χ1v) is 5.56. The number of hydrogen-bond acceptors (Lipinski definition) is 2. The molecule has 2 aromatic rings. The molecule has 0 bridgehead atoms. The second-order valence-corrected chi connectivity index (χ2v) is 4.21. The number of hydrogen-bond donors (Lipinski definition) is 2. The monoisotopic (exact) mass is 229 g/mol. The van der Waals surface area contributed by atoms with E-state index in [2.05, 4.69) is 5.32 Å². The van der Waals surface area contributed by atoms with Crippen LogP contribution in [0.15, 0.2) is 36.4 Å². The summed E-state index contributed by atoms with van der Waals surface area (Å²) in [5.74, 6) is 0.225. The molecule has 88 valence electrons. The normalized spacial score (nSPS) is 12.4. The number of phenols is 1. The Labute approximate surface area is 100 Å². The van der Waals surface area contributed by atoms with Crippen LogP contribution in [-0.2, 0) is 4.79 Å². The molecule has 0 saturated heterocycles. The lowest BCUT2D eigenvalue weighted by Gasteiger charge is -2.13. The van der Waals surface area contributed by atoms with E-state index in [9.17, 15) is 9.90 Å². The minimum Gasteiger partial charge on any atom is -0.508 e. The largest absolute Gasteiger partial charge is 0.508 e. The van der Waals surface area contributed by atoms with Crippen molar-refractivity contribution in [3.63, 3.8) is 0 Å². The van der Waals surface area contributed by atoms with Gasteiger partial charge < -0.3 is 10.4 Å². The summed E-state index contributed by atoms with van der Waals surface area (Å²) in [5.41, 5.74) is 1.05. The standard InChI is InChI=1S/C14H15NO2/c1-9(15-10(2)16)11-3-4-13-8-14(17)6-5-12(13)7-11/h3-9,17H,1-2H3,(H,15,16). The highest BCUT2D eigenvalue weighted by molar-refractivity contribution is 5.84. The van der Waals surface area contributed by atoms with Gasteiger partial charge in [0.2, 0.25) is 5.91 Å². The minimum absolute atomic E-state index is 0.00861. The molecule has 1 atom stereocenters. The third kappa shape index (κ3) is 2.56. The lowest BCUT2D eigenvalue weighted by atomic mass is 10.0. The van der Waals surface area contributed by atoms with Gasteiger partial charge in [-0.05, 0) is 41.5 Å². The molecule has 1 unspecified atom stereocenters. The van der Waals surface area contributed by atoms with Gasteiger partial charge in [0.25, 0.3) is 0 Å². The topological polar surface area (TPSA) is 49.3 Å². The molecule has 3 nitrogen and oxygen atoms in total. The molecule has 17 heavy (non-hydrogen) atoms. The van der Waals surface area contributed by atoms with Crippen molar-refractivity contribution in [2.45, 2.75) is 19.9 Å². The molecule has 0 saturated carbocycles. The Morgan fingerprint density at radius 3 is 2.53 bits per heavy atom. The number of carbonyl (C=O) groups is 1. The zero-order valence-corrected chi connectivity index (χ0v) is 9.90. The maximum absolute atomic E-state index is 11.0. The Morgan fingerprint density at radius 1 is 1.18 bits per heavy atom. The number of fused-ring (bicyclic) bond motifs is 1. The lowest BCUT2D eigenvalue weighted by molar-refractivity contribution is -0.119. The minimum atomic E-state index is -0.0386. The van der Waals surface area contributed by atoms with Crippen molar-refractivity contribution in [3.05, 3.63) is 42.0 Å². The van der Waals surface area contributed by atoms with Gasteiger partial charge in [0.1, 0.15) is 5.75 Å². The van der Waals surface area contributed by atoms with Crippen LogP contribution in [0.3, 0.4) is 0 Å². The Hall–Kier alpha value is -2.03. The molecular weight excluding hydrogens is 214 g/mol. The molecule has 3 heteroatoms. The number of carbonyl (C=O) groups excluding carboxylic acids is 1.